The van der Waals surface area contributed by atoms with Crippen molar-refractivity contribution in [2.75, 3.05) is 18.0 Å². The summed E-state index contributed by atoms with van der Waals surface area (Å²) in [6, 6.07) is 6.40. The summed E-state index contributed by atoms with van der Waals surface area (Å²) in [5.41, 5.74) is 0.0650. The van der Waals surface area contributed by atoms with Crippen molar-refractivity contribution in [3.63, 3.8) is 0 Å². The number of alkyl carbamates (subject to hydrolysis) is 1. The SMILES string of the molecule is CC(C)(C)OC(=O)NC1CCN(c2cccc(F)c2C#N)C1. The van der Waals surface area contributed by atoms with E-state index < -0.39 is 17.5 Å². The third kappa shape index (κ3) is 3.88. The van der Waals surface area contributed by atoms with E-state index in [1.54, 1.807) is 32.9 Å². The maximum Gasteiger partial charge on any atom is 0.407 e. The van der Waals surface area contributed by atoms with E-state index in [2.05, 4.69) is 5.32 Å². The number of nitrogens with one attached hydrogen (secondary N) is 1. The maximum absolute atomic E-state index is 13.7. The van der Waals surface area contributed by atoms with E-state index in [-0.39, 0.29) is 11.6 Å². The summed E-state index contributed by atoms with van der Waals surface area (Å²) >= 11 is 0. The fourth-order valence-corrected chi connectivity index (χ4v) is 2.46. The molecule has 1 aromatic carbocycles. The molecule has 1 aliphatic heterocycles. The number of ether oxygens (including phenoxy) is 1. The van der Waals surface area contributed by atoms with Gasteiger partial charge in [-0.25, -0.2) is 9.18 Å². The minimum Gasteiger partial charge on any atom is -0.444 e. The first-order valence-corrected chi connectivity index (χ1v) is 7.23. The molecule has 0 spiro atoms. The van der Waals surface area contributed by atoms with Crippen molar-refractivity contribution in [2.45, 2.75) is 38.8 Å². The molecule has 0 aliphatic carbocycles. The van der Waals surface area contributed by atoms with Crippen molar-refractivity contribution in [2.24, 2.45) is 0 Å². The fraction of sp³-hybridized carbons (Fsp3) is 0.500. The van der Waals surface area contributed by atoms with Crippen LogP contribution in [0, 0.1) is 17.1 Å². The average Bonchev–Trinajstić information content (AvgIpc) is 2.84. The van der Waals surface area contributed by atoms with Gasteiger partial charge in [-0.3, -0.25) is 0 Å². The van der Waals surface area contributed by atoms with E-state index in [1.165, 1.54) is 6.07 Å². The number of hydrogen-bond acceptors (Lipinski definition) is 4. The molecular formula is C16H20FN3O2. The van der Waals surface area contributed by atoms with Crippen LogP contribution in [0.15, 0.2) is 18.2 Å². The lowest BCUT2D eigenvalue weighted by Gasteiger charge is -2.23. The average molecular weight is 305 g/mol. The lowest BCUT2D eigenvalue weighted by Crippen LogP contribution is -2.40. The minimum atomic E-state index is -0.543. The van der Waals surface area contributed by atoms with Gasteiger partial charge in [0.2, 0.25) is 0 Å². The van der Waals surface area contributed by atoms with E-state index >= 15 is 0 Å². The molecule has 0 radical (unpaired) electrons. The summed E-state index contributed by atoms with van der Waals surface area (Å²) in [7, 11) is 0. The topological polar surface area (TPSA) is 65.4 Å². The molecule has 1 unspecified atom stereocenters. The fourth-order valence-electron chi connectivity index (χ4n) is 2.46. The molecule has 1 amide bonds. The second-order valence-corrected chi connectivity index (χ2v) is 6.32. The Morgan fingerprint density at radius 3 is 2.86 bits per heavy atom. The number of nitriles is 1. The number of anilines is 1. The molecule has 1 atom stereocenters. The first-order valence-electron chi connectivity index (χ1n) is 7.23. The van der Waals surface area contributed by atoms with Gasteiger partial charge in [-0.2, -0.15) is 5.26 Å². The number of carbonyl (C=O) groups excluding carboxylic acids is 1. The lowest BCUT2D eigenvalue weighted by molar-refractivity contribution is 0.0509. The summed E-state index contributed by atoms with van der Waals surface area (Å²) in [5, 5.41) is 11.9. The number of benzene rings is 1. The van der Waals surface area contributed by atoms with Crippen LogP contribution in [-0.2, 0) is 4.74 Å². The molecule has 22 heavy (non-hydrogen) atoms. The summed E-state index contributed by atoms with van der Waals surface area (Å²) in [6.45, 7) is 6.59. The van der Waals surface area contributed by atoms with E-state index in [0.29, 0.717) is 18.8 Å². The smallest absolute Gasteiger partial charge is 0.407 e. The monoisotopic (exact) mass is 305 g/mol. The van der Waals surface area contributed by atoms with Gasteiger partial charge in [-0.05, 0) is 39.3 Å². The zero-order valence-corrected chi connectivity index (χ0v) is 13.0. The number of amides is 1. The molecule has 5 nitrogen and oxygen atoms in total. The second kappa shape index (κ2) is 6.22. The van der Waals surface area contributed by atoms with Gasteiger partial charge in [0.15, 0.2) is 0 Å². The summed E-state index contributed by atoms with van der Waals surface area (Å²) < 4.78 is 18.9. The van der Waals surface area contributed by atoms with Crippen LogP contribution in [0.1, 0.15) is 32.8 Å². The Kier molecular flexibility index (Phi) is 4.55. The van der Waals surface area contributed by atoms with Gasteiger partial charge in [-0.15, -0.1) is 0 Å². The van der Waals surface area contributed by atoms with Crippen molar-refractivity contribution >= 4 is 11.8 Å². The first-order chi connectivity index (χ1) is 10.3. The van der Waals surface area contributed by atoms with Gasteiger partial charge < -0.3 is 15.0 Å². The highest BCUT2D eigenvalue weighted by Crippen LogP contribution is 2.26. The number of carbonyl (C=O) groups is 1. The molecule has 118 valence electrons. The van der Waals surface area contributed by atoms with Gasteiger partial charge in [0.05, 0.1) is 11.7 Å². The van der Waals surface area contributed by atoms with Gasteiger partial charge in [-0.1, -0.05) is 6.07 Å². The quantitative estimate of drug-likeness (QED) is 0.912. The summed E-state index contributed by atoms with van der Waals surface area (Å²) in [5.74, 6) is -0.524. The van der Waals surface area contributed by atoms with Crippen LogP contribution in [0.3, 0.4) is 0 Å². The van der Waals surface area contributed by atoms with Crippen LogP contribution in [-0.4, -0.2) is 30.8 Å². The van der Waals surface area contributed by atoms with Gasteiger partial charge in [0.1, 0.15) is 23.1 Å². The molecule has 1 aromatic rings. The van der Waals surface area contributed by atoms with Crippen LogP contribution >= 0.6 is 0 Å². The molecule has 1 saturated heterocycles. The highest BCUT2D eigenvalue weighted by molar-refractivity contribution is 5.68. The summed E-state index contributed by atoms with van der Waals surface area (Å²) in [4.78, 5) is 13.7. The van der Waals surface area contributed by atoms with Crippen molar-refractivity contribution in [1.29, 1.82) is 5.26 Å². The van der Waals surface area contributed by atoms with Gasteiger partial charge in [0, 0.05) is 13.1 Å². The van der Waals surface area contributed by atoms with Crippen LogP contribution in [0.4, 0.5) is 14.9 Å². The Hall–Kier alpha value is -2.29. The van der Waals surface area contributed by atoms with E-state index in [1.807, 2.05) is 11.0 Å². The predicted octanol–water partition coefficient (Wildman–Crippen LogP) is 2.80. The molecule has 0 aromatic heterocycles. The molecule has 0 bridgehead atoms. The van der Waals surface area contributed by atoms with Crippen molar-refractivity contribution in [3.8, 4) is 6.07 Å². The molecule has 1 fully saturated rings. The van der Waals surface area contributed by atoms with E-state index in [4.69, 9.17) is 10.00 Å². The second-order valence-electron chi connectivity index (χ2n) is 6.32. The predicted molar refractivity (Wildman–Crippen MR) is 81.1 cm³/mol. The Morgan fingerprint density at radius 2 is 2.23 bits per heavy atom. The van der Waals surface area contributed by atoms with Crippen LogP contribution in [0.2, 0.25) is 0 Å². The third-order valence-electron chi connectivity index (χ3n) is 3.35. The minimum absolute atomic E-state index is 0.0421. The molecule has 1 N–H and O–H groups in total. The van der Waals surface area contributed by atoms with Crippen LogP contribution in [0.25, 0.3) is 0 Å². The van der Waals surface area contributed by atoms with Gasteiger partial charge in [0.25, 0.3) is 0 Å². The normalized spacial score (nSPS) is 18.0. The Bertz CT molecular complexity index is 604. The number of hydrogen-bond donors (Lipinski definition) is 1. The van der Waals surface area contributed by atoms with Crippen molar-refractivity contribution in [3.05, 3.63) is 29.6 Å². The van der Waals surface area contributed by atoms with Crippen molar-refractivity contribution in [1.82, 2.24) is 5.32 Å². The van der Waals surface area contributed by atoms with Crippen LogP contribution < -0.4 is 10.2 Å². The zero-order chi connectivity index (χ0) is 16.3. The molecule has 1 aliphatic rings. The number of nitrogens with zero attached hydrogens (tertiary/aromatic N) is 2. The largest absolute Gasteiger partial charge is 0.444 e. The Morgan fingerprint density at radius 1 is 1.50 bits per heavy atom. The Labute approximate surface area is 129 Å². The van der Waals surface area contributed by atoms with Gasteiger partial charge >= 0.3 is 6.09 Å². The highest BCUT2D eigenvalue weighted by Gasteiger charge is 2.27. The van der Waals surface area contributed by atoms with E-state index in [9.17, 15) is 9.18 Å². The third-order valence-corrected chi connectivity index (χ3v) is 3.35. The number of rotatable bonds is 2. The summed E-state index contributed by atoms with van der Waals surface area (Å²) in [6.07, 6.45) is 0.264. The molecule has 1 heterocycles. The lowest BCUT2D eigenvalue weighted by atomic mass is 10.1. The number of halogens is 1. The molecular weight excluding hydrogens is 285 g/mol. The van der Waals surface area contributed by atoms with Crippen molar-refractivity contribution < 1.29 is 13.9 Å². The highest BCUT2D eigenvalue weighted by atomic mass is 19.1. The Balaban J connectivity index is 2.01. The molecule has 0 saturated carbocycles. The molecule has 6 heteroatoms. The standard InChI is InChI=1S/C16H20FN3O2/c1-16(2,3)22-15(21)19-11-7-8-20(10-11)14-6-4-5-13(17)12(14)9-18/h4-6,11H,7-8,10H2,1-3H3,(H,19,21). The zero-order valence-electron chi connectivity index (χ0n) is 13.0. The first kappa shape index (κ1) is 16.1. The maximum atomic E-state index is 13.7. The van der Waals surface area contributed by atoms with Crippen LogP contribution in [0.5, 0.6) is 0 Å². The molecule has 2 rings (SSSR count). The van der Waals surface area contributed by atoms with E-state index in [0.717, 1.165) is 6.42 Å².